The molecule has 4 rings (SSSR count). The van der Waals surface area contributed by atoms with Crippen LogP contribution in [0.15, 0.2) is 41.0 Å². The van der Waals surface area contributed by atoms with E-state index in [2.05, 4.69) is 25.7 Å². The quantitative estimate of drug-likeness (QED) is 0.395. The summed E-state index contributed by atoms with van der Waals surface area (Å²) in [5, 5.41) is 17.8. The number of furan rings is 1. The first-order chi connectivity index (χ1) is 16.1. The average Bonchev–Trinajstić information content (AvgIpc) is 3.44. The van der Waals surface area contributed by atoms with Crippen molar-refractivity contribution in [1.82, 2.24) is 24.9 Å². The van der Waals surface area contributed by atoms with Crippen molar-refractivity contribution >= 4 is 46.1 Å². The van der Waals surface area contributed by atoms with Crippen molar-refractivity contribution in [3.63, 3.8) is 0 Å². The van der Waals surface area contributed by atoms with Gasteiger partial charge in [-0.25, -0.2) is 14.8 Å². The van der Waals surface area contributed by atoms with Crippen LogP contribution < -0.4 is 10.6 Å². The molecule has 12 heteroatoms. The molecule has 0 aliphatic heterocycles. The first kappa shape index (κ1) is 24.9. The number of anilines is 1. The molecule has 3 aromatic heterocycles. The maximum absolute atomic E-state index is 12.8. The van der Waals surface area contributed by atoms with Gasteiger partial charge in [0.15, 0.2) is 11.4 Å². The predicted molar refractivity (Wildman–Crippen MR) is 127 cm³/mol. The van der Waals surface area contributed by atoms with Crippen molar-refractivity contribution in [1.29, 1.82) is 0 Å². The topological polar surface area (TPSA) is 144 Å². The molecule has 180 valence electrons. The smallest absolute Gasteiger partial charge is 0.408 e. The number of halogens is 1. The van der Waals surface area contributed by atoms with Gasteiger partial charge in [0.05, 0.1) is 11.8 Å². The van der Waals surface area contributed by atoms with E-state index in [1.54, 1.807) is 51.1 Å². The molecule has 0 radical (unpaired) electrons. The van der Waals surface area contributed by atoms with Crippen LogP contribution in [0.25, 0.3) is 28.1 Å². The third kappa shape index (κ3) is 5.61. The van der Waals surface area contributed by atoms with Crippen molar-refractivity contribution in [3.8, 4) is 11.6 Å². The minimum atomic E-state index is -0.893. The first-order valence-corrected chi connectivity index (χ1v) is 10.6. The van der Waals surface area contributed by atoms with Gasteiger partial charge in [-0.1, -0.05) is 11.6 Å². The lowest BCUT2D eigenvalue weighted by Gasteiger charge is -2.21. The van der Waals surface area contributed by atoms with Crippen LogP contribution in [0.2, 0.25) is 5.02 Å². The molecule has 1 atom stereocenters. The van der Waals surface area contributed by atoms with Crippen LogP contribution in [0.1, 0.15) is 27.7 Å². The van der Waals surface area contributed by atoms with Gasteiger partial charge in [0.2, 0.25) is 17.7 Å². The average molecular weight is 489 g/mol. The lowest BCUT2D eigenvalue weighted by atomic mass is 10.2. The van der Waals surface area contributed by atoms with Crippen LogP contribution >= 0.6 is 11.6 Å². The number of nitrogens with zero attached hydrogens (tertiary/aromatic N) is 4. The van der Waals surface area contributed by atoms with E-state index < -0.39 is 23.6 Å². The van der Waals surface area contributed by atoms with Crippen molar-refractivity contribution in [3.05, 3.63) is 41.6 Å². The fourth-order valence-corrected chi connectivity index (χ4v) is 3.11. The highest BCUT2D eigenvalue weighted by atomic mass is 35.5. The van der Waals surface area contributed by atoms with Gasteiger partial charge in [-0.05, 0) is 58.0 Å². The number of aliphatic hydroxyl groups is 1. The zero-order valence-corrected chi connectivity index (χ0v) is 20.0. The molecule has 3 N–H and O–H groups in total. The molecule has 0 spiro atoms. The van der Waals surface area contributed by atoms with Gasteiger partial charge in [-0.3, -0.25) is 10.1 Å². The van der Waals surface area contributed by atoms with E-state index in [4.69, 9.17) is 25.9 Å². The zero-order chi connectivity index (χ0) is 25.0. The van der Waals surface area contributed by atoms with Gasteiger partial charge < -0.3 is 19.6 Å². The molecule has 0 saturated carbocycles. The standard InChI is InChI=1S/C21H21ClN6O4.CH4O/c1-11(23-20(30)32-21(2,3)4)18(29)26-19-24-14-8-7-12(22)10-13(14)17-25-16(27-28(17)19)15-6-5-9-31-15;1-2/h5-11H,1-4H3,(H,23,30)(H,24,26,29);2H,1H3. The van der Waals surface area contributed by atoms with E-state index in [1.807, 2.05) is 0 Å². The number of ether oxygens (including phenoxy) is 1. The molecule has 1 unspecified atom stereocenters. The number of carbonyl (C=O) groups is 2. The van der Waals surface area contributed by atoms with Crippen LogP contribution in [0, 0.1) is 0 Å². The lowest BCUT2D eigenvalue weighted by Crippen LogP contribution is -2.44. The number of hydrogen-bond donors (Lipinski definition) is 3. The molecule has 2 amide bonds. The summed E-state index contributed by atoms with van der Waals surface area (Å²) in [5.41, 5.74) is 0.312. The van der Waals surface area contributed by atoms with E-state index >= 15 is 0 Å². The Bertz CT molecular complexity index is 1310. The van der Waals surface area contributed by atoms with E-state index in [9.17, 15) is 9.59 Å². The van der Waals surface area contributed by atoms with Gasteiger partial charge in [0.25, 0.3) is 0 Å². The minimum Gasteiger partial charge on any atom is -0.461 e. The number of nitrogens with one attached hydrogen (secondary N) is 2. The molecular weight excluding hydrogens is 464 g/mol. The summed E-state index contributed by atoms with van der Waals surface area (Å²) in [6.07, 6.45) is 0.813. The number of aromatic nitrogens is 4. The summed E-state index contributed by atoms with van der Waals surface area (Å²) < 4.78 is 12.0. The second kappa shape index (κ2) is 10.1. The van der Waals surface area contributed by atoms with E-state index in [0.717, 1.165) is 7.11 Å². The third-order valence-corrected chi connectivity index (χ3v) is 4.57. The largest absolute Gasteiger partial charge is 0.461 e. The number of benzene rings is 1. The summed E-state index contributed by atoms with van der Waals surface area (Å²) in [5.74, 6) is 0.400. The highest BCUT2D eigenvalue weighted by molar-refractivity contribution is 6.31. The fraction of sp³-hybridized carbons (Fsp3) is 0.318. The molecule has 4 aromatic rings. The highest BCUT2D eigenvalue weighted by Gasteiger charge is 2.23. The summed E-state index contributed by atoms with van der Waals surface area (Å²) in [6, 6.07) is 7.68. The zero-order valence-electron chi connectivity index (χ0n) is 19.3. The molecule has 0 aliphatic rings. The molecule has 34 heavy (non-hydrogen) atoms. The van der Waals surface area contributed by atoms with E-state index in [0.29, 0.717) is 33.2 Å². The minimum absolute atomic E-state index is 0.128. The number of aliphatic hydroxyl groups excluding tert-OH is 1. The molecule has 0 saturated heterocycles. The van der Waals surface area contributed by atoms with E-state index in [-0.39, 0.29) is 5.95 Å². The molecule has 11 nitrogen and oxygen atoms in total. The van der Waals surface area contributed by atoms with Crippen LogP contribution in [-0.2, 0) is 9.53 Å². The number of rotatable bonds is 4. The second-order valence-corrected chi connectivity index (χ2v) is 8.54. The Morgan fingerprint density at radius 3 is 2.59 bits per heavy atom. The Morgan fingerprint density at radius 1 is 1.21 bits per heavy atom. The third-order valence-electron chi connectivity index (χ3n) is 4.34. The molecule has 0 aliphatic carbocycles. The Morgan fingerprint density at radius 2 is 1.94 bits per heavy atom. The predicted octanol–water partition coefficient (Wildman–Crippen LogP) is 3.65. The second-order valence-electron chi connectivity index (χ2n) is 8.10. The molecule has 3 heterocycles. The summed E-state index contributed by atoms with van der Waals surface area (Å²) in [4.78, 5) is 33.8. The monoisotopic (exact) mass is 488 g/mol. The Hall–Kier alpha value is -3.70. The fourth-order valence-electron chi connectivity index (χ4n) is 2.94. The first-order valence-electron chi connectivity index (χ1n) is 10.3. The van der Waals surface area contributed by atoms with Gasteiger partial charge >= 0.3 is 6.09 Å². The number of fused-ring (bicyclic) bond motifs is 3. The van der Waals surface area contributed by atoms with Crippen LogP contribution in [-0.4, -0.2) is 55.4 Å². The van der Waals surface area contributed by atoms with Gasteiger partial charge in [0.1, 0.15) is 11.6 Å². The molecule has 0 fully saturated rings. The Labute approximate surface area is 200 Å². The summed E-state index contributed by atoms with van der Waals surface area (Å²) in [7, 11) is 1.00. The molecular formula is C22H25ClN6O5. The van der Waals surface area contributed by atoms with Crippen molar-refractivity contribution in [2.24, 2.45) is 0 Å². The summed E-state index contributed by atoms with van der Waals surface area (Å²) in [6.45, 7) is 6.74. The Kier molecular flexibility index (Phi) is 7.38. The van der Waals surface area contributed by atoms with Gasteiger partial charge in [0, 0.05) is 17.5 Å². The van der Waals surface area contributed by atoms with Crippen molar-refractivity contribution in [2.45, 2.75) is 39.3 Å². The maximum atomic E-state index is 12.8. The van der Waals surface area contributed by atoms with Crippen LogP contribution in [0.4, 0.5) is 10.7 Å². The number of amides is 2. The summed E-state index contributed by atoms with van der Waals surface area (Å²) >= 11 is 6.16. The normalized spacial score (nSPS) is 12.1. The molecule has 1 aromatic carbocycles. The van der Waals surface area contributed by atoms with Crippen molar-refractivity contribution in [2.75, 3.05) is 12.4 Å². The van der Waals surface area contributed by atoms with Crippen molar-refractivity contribution < 1.29 is 23.8 Å². The number of alkyl carbamates (subject to hydrolysis) is 1. The van der Waals surface area contributed by atoms with Gasteiger partial charge in [-0.2, -0.15) is 4.52 Å². The number of carbonyl (C=O) groups excluding carboxylic acids is 2. The SMILES string of the molecule is CC(NC(=O)OC(C)(C)C)C(=O)Nc1nc2ccc(Cl)cc2c2nc(-c3ccco3)nn12.CO. The lowest BCUT2D eigenvalue weighted by molar-refractivity contribution is -0.117. The van der Waals surface area contributed by atoms with Crippen LogP contribution in [0.3, 0.4) is 0 Å². The molecule has 0 bridgehead atoms. The van der Waals surface area contributed by atoms with E-state index in [1.165, 1.54) is 17.7 Å². The Balaban J connectivity index is 0.00000158. The highest BCUT2D eigenvalue weighted by Crippen LogP contribution is 2.26. The maximum Gasteiger partial charge on any atom is 0.408 e. The van der Waals surface area contributed by atoms with Gasteiger partial charge in [-0.15, -0.1) is 5.10 Å². The van der Waals surface area contributed by atoms with Crippen LogP contribution in [0.5, 0.6) is 0 Å². The number of hydrogen-bond acceptors (Lipinski definition) is 8.